The Labute approximate surface area is 165 Å². The van der Waals surface area contributed by atoms with E-state index in [1.807, 2.05) is 26.0 Å². The smallest absolute Gasteiger partial charge is 0.323 e. The number of nitrogens with zero attached hydrogens (tertiary/aromatic N) is 3. The van der Waals surface area contributed by atoms with Crippen molar-refractivity contribution in [3.63, 3.8) is 0 Å². The van der Waals surface area contributed by atoms with E-state index < -0.39 is 0 Å². The third kappa shape index (κ3) is 4.75. The second kappa shape index (κ2) is 7.93. The van der Waals surface area contributed by atoms with E-state index in [-0.39, 0.29) is 11.9 Å². The van der Waals surface area contributed by atoms with Crippen molar-refractivity contribution < 1.29 is 9.59 Å². The highest BCUT2D eigenvalue weighted by molar-refractivity contribution is 8.18. The van der Waals surface area contributed by atoms with Crippen LogP contribution in [-0.4, -0.2) is 41.1 Å². The summed E-state index contributed by atoms with van der Waals surface area (Å²) in [6.07, 6.45) is 3.36. The van der Waals surface area contributed by atoms with Gasteiger partial charge in [-0.25, -0.2) is 14.8 Å². The van der Waals surface area contributed by atoms with Crippen LogP contribution in [0.1, 0.15) is 16.0 Å². The summed E-state index contributed by atoms with van der Waals surface area (Å²) < 4.78 is 0. The third-order valence-corrected chi connectivity index (χ3v) is 5.41. The number of hydrogen-bond donors (Lipinski definition) is 2. The molecule has 0 spiro atoms. The summed E-state index contributed by atoms with van der Waals surface area (Å²) in [7, 11) is 3.31. The molecule has 2 aromatic rings. The molecule has 0 aliphatic carbocycles. The first kappa shape index (κ1) is 19.1. The summed E-state index contributed by atoms with van der Waals surface area (Å²) in [6, 6.07) is 5.73. The van der Waals surface area contributed by atoms with Gasteiger partial charge < -0.3 is 10.2 Å². The van der Waals surface area contributed by atoms with Gasteiger partial charge in [-0.1, -0.05) is 29.0 Å². The fourth-order valence-corrected chi connectivity index (χ4v) is 3.91. The lowest BCUT2D eigenvalue weighted by Gasteiger charge is -2.09. The number of thiazole rings is 1. The number of anilines is 1. The normalized spacial score (nSPS) is 16.7. The zero-order valence-corrected chi connectivity index (χ0v) is 17.0. The molecule has 9 heteroatoms. The summed E-state index contributed by atoms with van der Waals surface area (Å²) in [6.45, 7) is 4.02. The van der Waals surface area contributed by atoms with Gasteiger partial charge >= 0.3 is 6.03 Å². The van der Waals surface area contributed by atoms with Crippen LogP contribution >= 0.6 is 23.1 Å². The van der Waals surface area contributed by atoms with Crippen molar-refractivity contribution in [2.24, 2.45) is 4.99 Å². The molecule has 27 heavy (non-hydrogen) atoms. The fourth-order valence-electron chi connectivity index (χ4n) is 2.26. The zero-order chi connectivity index (χ0) is 19.6. The van der Waals surface area contributed by atoms with Gasteiger partial charge in [0, 0.05) is 20.3 Å². The predicted octanol–water partition coefficient (Wildman–Crippen LogP) is 3.75. The number of aliphatic imine (C=N–C) groups is 1. The Morgan fingerprint density at radius 3 is 2.81 bits per heavy atom. The molecular weight excluding hydrogens is 382 g/mol. The van der Waals surface area contributed by atoms with Crippen molar-refractivity contribution in [3.05, 3.63) is 45.3 Å². The molecule has 0 saturated carbocycles. The first-order chi connectivity index (χ1) is 12.8. The van der Waals surface area contributed by atoms with Gasteiger partial charge in [0.1, 0.15) is 0 Å². The number of rotatable bonds is 3. The topological polar surface area (TPSA) is 86.7 Å². The molecule has 2 N–H and O–H groups in total. The number of nitrogens with one attached hydrogen (secondary N) is 2. The SMILES string of the molecule is Cc1ccc(N=C2NC(=O)C(=Cc3cnc(NC(=O)N(C)C)s3)S2)c(C)c1. The molecule has 140 valence electrons. The highest BCUT2D eigenvalue weighted by atomic mass is 32.2. The van der Waals surface area contributed by atoms with Gasteiger partial charge in [-0.3, -0.25) is 10.1 Å². The third-order valence-electron chi connectivity index (χ3n) is 3.64. The zero-order valence-electron chi connectivity index (χ0n) is 15.4. The molecule has 2 heterocycles. The van der Waals surface area contributed by atoms with E-state index in [0.717, 1.165) is 16.1 Å². The highest BCUT2D eigenvalue weighted by Crippen LogP contribution is 2.31. The maximum atomic E-state index is 12.2. The standard InChI is InChI=1S/C18H19N5O2S2/c1-10-5-6-13(11(2)7-10)20-17-21-15(24)14(27-17)8-12-9-19-16(26-12)22-18(25)23(3)4/h5-9H,1-4H3,(H,19,22,25)(H,20,21,24). The van der Waals surface area contributed by atoms with Crippen LogP contribution in [0.3, 0.4) is 0 Å². The van der Waals surface area contributed by atoms with Crippen LogP contribution in [0.25, 0.3) is 6.08 Å². The first-order valence-electron chi connectivity index (χ1n) is 8.13. The molecule has 3 amide bonds. The van der Waals surface area contributed by atoms with Crippen molar-refractivity contribution in [1.29, 1.82) is 0 Å². The summed E-state index contributed by atoms with van der Waals surface area (Å²) in [5.41, 5.74) is 3.05. The van der Waals surface area contributed by atoms with Crippen LogP contribution in [0.5, 0.6) is 0 Å². The van der Waals surface area contributed by atoms with Crippen molar-refractivity contribution in [1.82, 2.24) is 15.2 Å². The van der Waals surface area contributed by atoms with Crippen molar-refractivity contribution >= 4 is 57.1 Å². The predicted molar refractivity (Wildman–Crippen MR) is 112 cm³/mol. The molecule has 7 nitrogen and oxygen atoms in total. The van der Waals surface area contributed by atoms with E-state index in [2.05, 4.69) is 26.7 Å². The quantitative estimate of drug-likeness (QED) is 0.767. The van der Waals surface area contributed by atoms with E-state index in [9.17, 15) is 9.59 Å². The van der Waals surface area contributed by atoms with E-state index >= 15 is 0 Å². The van der Waals surface area contributed by atoms with Gasteiger partial charge in [0.2, 0.25) is 0 Å². The Morgan fingerprint density at radius 2 is 2.11 bits per heavy atom. The molecular formula is C18H19N5O2S2. The monoisotopic (exact) mass is 401 g/mol. The van der Waals surface area contributed by atoms with Crippen LogP contribution < -0.4 is 10.6 Å². The number of thioether (sulfide) groups is 1. The first-order valence-corrected chi connectivity index (χ1v) is 9.76. The minimum atomic E-state index is -0.251. The average molecular weight is 402 g/mol. The number of aromatic nitrogens is 1. The molecule has 0 radical (unpaired) electrons. The van der Waals surface area contributed by atoms with Crippen LogP contribution in [0.4, 0.5) is 15.6 Å². The van der Waals surface area contributed by atoms with Gasteiger partial charge in [-0.15, -0.1) is 0 Å². The lowest BCUT2D eigenvalue weighted by molar-refractivity contribution is -0.115. The fraction of sp³-hybridized carbons (Fsp3) is 0.222. The van der Waals surface area contributed by atoms with E-state index in [0.29, 0.717) is 15.2 Å². The van der Waals surface area contributed by atoms with Gasteiger partial charge in [-0.2, -0.15) is 0 Å². The Balaban J connectivity index is 1.75. The minimum Gasteiger partial charge on any atom is -0.331 e. The highest BCUT2D eigenvalue weighted by Gasteiger charge is 2.24. The molecule has 1 aliphatic rings. The summed E-state index contributed by atoms with van der Waals surface area (Å²) >= 11 is 2.58. The molecule has 3 rings (SSSR count). The van der Waals surface area contributed by atoms with Crippen molar-refractivity contribution in [2.75, 3.05) is 19.4 Å². The Hall–Kier alpha value is -2.65. The molecule has 1 fully saturated rings. The number of amidine groups is 1. The lowest BCUT2D eigenvalue weighted by Crippen LogP contribution is -2.27. The summed E-state index contributed by atoms with van der Waals surface area (Å²) in [5, 5.41) is 6.49. The average Bonchev–Trinajstić information content (AvgIpc) is 3.17. The number of carbonyl (C=O) groups excluding carboxylic acids is 2. The van der Waals surface area contributed by atoms with E-state index in [1.165, 1.54) is 33.6 Å². The number of amides is 3. The van der Waals surface area contributed by atoms with E-state index in [1.54, 1.807) is 26.4 Å². The second-order valence-corrected chi connectivity index (χ2v) is 8.26. The molecule has 1 aromatic carbocycles. The molecule has 1 aromatic heterocycles. The van der Waals surface area contributed by atoms with Gasteiger partial charge in [-0.05, 0) is 43.3 Å². The maximum Gasteiger partial charge on any atom is 0.323 e. The number of aryl methyl sites for hydroxylation is 2. The van der Waals surface area contributed by atoms with Gasteiger partial charge in [0.15, 0.2) is 10.3 Å². The number of carbonyl (C=O) groups is 2. The molecule has 1 saturated heterocycles. The van der Waals surface area contributed by atoms with Crippen LogP contribution in [0.15, 0.2) is 34.3 Å². The Kier molecular flexibility index (Phi) is 5.62. The summed E-state index contributed by atoms with van der Waals surface area (Å²) in [5.74, 6) is -0.198. The molecule has 0 bridgehead atoms. The largest absolute Gasteiger partial charge is 0.331 e. The number of hydrogen-bond acceptors (Lipinski definition) is 6. The van der Waals surface area contributed by atoms with Crippen LogP contribution in [0, 0.1) is 13.8 Å². The Morgan fingerprint density at radius 1 is 1.33 bits per heavy atom. The van der Waals surface area contributed by atoms with E-state index in [4.69, 9.17) is 0 Å². The molecule has 1 aliphatic heterocycles. The lowest BCUT2D eigenvalue weighted by atomic mass is 10.1. The van der Waals surface area contributed by atoms with Crippen molar-refractivity contribution in [2.45, 2.75) is 13.8 Å². The minimum absolute atomic E-state index is 0.198. The van der Waals surface area contributed by atoms with Crippen LogP contribution in [0.2, 0.25) is 0 Å². The van der Waals surface area contributed by atoms with Crippen molar-refractivity contribution in [3.8, 4) is 0 Å². The maximum absolute atomic E-state index is 12.2. The Bertz CT molecular complexity index is 962. The van der Waals surface area contributed by atoms with Gasteiger partial charge in [0.25, 0.3) is 5.91 Å². The molecule has 0 atom stereocenters. The van der Waals surface area contributed by atoms with Gasteiger partial charge in [0.05, 0.1) is 15.5 Å². The second-order valence-electron chi connectivity index (χ2n) is 6.16. The molecule has 0 unspecified atom stereocenters. The summed E-state index contributed by atoms with van der Waals surface area (Å²) in [4.78, 5) is 35.3. The van der Waals surface area contributed by atoms with Crippen LogP contribution in [-0.2, 0) is 4.79 Å². The number of urea groups is 1. The number of benzene rings is 1.